The van der Waals surface area contributed by atoms with Crippen molar-refractivity contribution in [1.82, 2.24) is 4.98 Å². The molecule has 1 amide bonds. The van der Waals surface area contributed by atoms with Crippen LogP contribution in [0.25, 0.3) is 0 Å². The highest BCUT2D eigenvalue weighted by Gasteiger charge is 2.13. The number of nitrogens with zero attached hydrogens (tertiary/aromatic N) is 1. The van der Waals surface area contributed by atoms with Crippen molar-refractivity contribution in [2.75, 3.05) is 19.5 Å². The fraction of sp³-hybridized carbons (Fsp3) is 0.222. The molecule has 2 aromatic heterocycles. The number of rotatable bonds is 8. The van der Waals surface area contributed by atoms with Crippen molar-refractivity contribution in [3.05, 3.63) is 57.4 Å². The number of methoxy groups -OCH3 is 2. The second-order valence-electron chi connectivity index (χ2n) is 5.42. The lowest BCUT2D eigenvalue weighted by Gasteiger charge is -2.08. The molecule has 2 heterocycles. The van der Waals surface area contributed by atoms with Gasteiger partial charge >= 0.3 is 0 Å². The van der Waals surface area contributed by atoms with Gasteiger partial charge in [0.05, 0.1) is 19.9 Å². The average Bonchev–Trinajstić information content (AvgIpc) is 3.30. The fourth-order valence-corrected chi connectivity index (χ4v) is 4.23. The van der Waals surface area contributed by atoms with E-state index in [1.165, 1.54) is 11.3 Å². The number of ether oxygens (including phenoxy) is 2. The van der Waals surface area contributed by atoms with Crippen LogP contribution in [0.1, 0.15) is 21.8 Å². The molecule has 0 aliphatic heterocycles. The summed E-state index contributed by atoms with van der Waals surface area (Å²) in [5.41, 5.74) is 2.03. The predicted octanol–water partition coefficient (Wildman–Crippen LogP) is 5.20. The number of hydrogen-bond donors (Lipinski definition) is 1. The maximum atomic E-state index is 12.1. The highest BCUT2D eigenvalue weighted by atomic mass is 79.9. The van der Waals surface area contributed by atoms with E-state index in [4.69, 9.17) is 13.9 Å². The molecule has 1 aromatic carbocycles. The molecule has 0 bridgehead atoms. The van der Waals surface area contributed by atoms with Crippen LogP contribution >= 0.6 is 39.0 Å². The first-order valence-electron chi connectivity index (χ1n) is 7.88. The Morgan fingerprint density at radius 3 is 2.59 bits per heavy atom. The van der Waals surface area contributed by atoms with Crippen LogP contribution in [0.15, 0.2) is 44.8 Å². The summed E-state index contributed by atoms with van der Waals surface area (Å²) < 4.78 is 16.3. The maximum absolute atomic E-state index is 12.1. The summed E-state index contributed by atoms with van der Waals surface area (Å²) in [6, 6.07) is 9.10. The van der Waals surface area contributed by atoms with E-state index in [9.17, 15) is 4.79 Å². The van der Waals surface area contributed by atoms with E-state index < -0.39 is 0 Å². The van der Waals surface area contributed by atoms with E-state index in [-0.39, 0.29) is 11.7 Å². The molecule has 0 saturated heterocycles. The molecule has 6 nitrogen and oxygen atoms in total. The number of aromatic nitrogens is 1. The van der Waals surface area contributed by atoms with E-state index in [2.05, 4.69) is 26.2 Å². The fourth-order valence-electron chi connectivity index (χ4n) is 2.25. The smallest absolute Gasteiger partial charge is 0.293 e. The molecule has 3 aromatic rings. The van der Waals surface area contributed by atoms with Crippen molar-refractivity contribution in [3.63, 3.8) is 0 Å². The van der Waals surface area contributed by atoms with Crippen molar-refractivity contribution in [2.45, 2.75) is 11.5 Å². The monoisotopic (exact) mass is 468 g/mol. The number of benzene rings is 1. The number of anilines is 1. The number of amides is 1. The first-order chi connectivity index (χ1) is 13.1. The van der Waals surface area contributed by atoms with Crippen LogP contribution in [-0.2, 0) is 11.5 Å². The lowest BCUT2D eigenvalue weighted by Crippen LogP contribution is -2.10. The molecular weight excluding hydrogens is 452 g/mol. The van der Waals surface area contributed by atoms with Gasteiger partial charge in [-0.05, 0) is 45.8 Å². The molecule has 27 heavy (non-hydrogen) atoms. The Morgan fingerprint density at radius 1 is 1.22 bits per heavy atom. The van der Waals surface area contributed by atoms with Gasteiger partial charge in [0, 0.05) is 23.0 Å². The average molecular weight is 469 g/mol. The van der Waals surface area contributed by atoms with Gasteiger partial charge in [-0.1, -0.05) is 0 Å². The van der Waals surface area contributed by atoms with Gasteiger partial charge in [-0.15, -0.1) is 11.3 Å². The highest BCUT2D eigenvalue weighted by molar-refractivity contribution is 9.10. The van der Waals surface area contributed by atoms with Crippen LogP contribution < -0.4 is 14.8 Å². The number of nitrogens with one attached hydrogen (secondary N) is 1. The number of furan rings is 1. The number of hydrogen-bond acceptors (Lipinski definition) is 7. The van der Waals surface area contributed by atoms with E-state index in [0.29, 0.717) is 9.80 Å². The van der Waals surface area contributed by atoms with Gasteiger partial charge in [-0.25, -0.2) is 4.98 Å². The van der Waals surface area contributed by atoms with Crippen LogP contribution in [0.3, 0.4) is 0 Å². The van der Waals surface area contributed by atoms with Crippen molar-refractivity contribution in [1.29, 1.82) is 0 Å². The molecule has 142 valence electrons. The standard InChI is InChI=1S/C18H17BrN2O4S2/c1-23-13-5-11(6-14(7-13)24-2)8-26-9-12-10-27-18(20-12)21-17(22)15-3-4-16(19)25-15/h3-7,10H,8-9H2,1-2H3,(H,20,21,22). The van der Waals surface area contributed by atoms with Crippen LogP contribution in [-0.4, -0.2) is 25.1 Å². The predicted molar refractivity (Wildman–Crippen MR) is 111 cm³/mol. The summed E-state index contributed by atoms with van der Waals surface area (Å²) in [4.78, 5) is 16.5. The summed E-state index contributed by atoms with van der Waals surface area (Å²) in [7, 11) is 3.27. The zero-order valence-corrected chi connectivity index (χ0v) is 17.9. The van der Waals surface area contributed by atoms with Crippen LogP contribution in [0.5, 0.6) is 11.5 Å². The molecule has 0 aliphatic carbocycles. The number of carbonyl (C=O) groups is 1. The van der Waals surface area contributed by atoms with Crippen LogP contribution in [0.2, 0.25) is 0 Å². The second-order valence-corrected chi connectivity index (χ2v) is 8.04. The summed E-state index contributed by atoms with van der Waals surface area (Å²) >= 11 is 6.29. The first kappa shape index (κ1) is 19.8. The third kappa shape index (κ3) is 5.50. The Balaban J connectivity index is 1.53. The zero-order chi connectivity index (χ0) is 19.2. The molecule has 0 aliphatic rings. The lowest BCUT2D eigenvalue weighted by atomic mass is 10.2. The van der Waals surface area contributed by atoms with E-state index in [1.54, 1.807) is 38.1 Å². The van der Waals surface area contributed by atoms with Crippen molar-refractivity contribution in [3.8, 4) is 11.5 Å². The minimum Gasteiger partial charge on any atom is -0.497 e. The summed E-state index contributed by atoms with van der Waals surface area (Å²) in [6.45, 7) is 0. The minimum absolute atomic E-state index is 0.236. The zero-order valence-electron chi connectivity index (χ0n) is 14.7. The molecule has 0 atom stereocenters. The van der Waals surface area contributed by atoms with Gasteiger partial charge in [0.25, 0.3) is 5.91 Å². The molecule has 0 fully saturated rings. The Labute approximate surface area is 173 Å². The van der Waals surface area contributed by atoms with Gasteiger partial charge < -0.3 is 13.9 Å². The number of carbonyl (C=O) groups excluding carboxylic acids is 1. The topological polar surface area (TPSA) is 73.6 Å². The molecule has 0 unspecified atom stereocenters. The third-order valence-electron chi connectivity index (χ3n) is 3.50. The molecular formula is C18H17BrN2O4S2. The van der Waals surface area contributed by atoms with Crippen molar-refractivity contribution >= 4 is 50.1 Å². The number of halogens is 1. The molecule has 9 heteroatoms. The Kier molecular flexibility index (Phi) is 6.81. The lowest BCUT2D eigenvalue weighted by molar-refractivity contribution is 0.0995. The molecule has 3 rings (SSSR count). The summed E-state index contributed by atoms with van der Waals surface area (Å²) in [6.07, 6.45) is 0. The molecule has 1 N–H and O–H groups in total. The van der Waals surface area contributed by atoms with Crippen LogP contribution in [0.4, 0.5) is 5.13 Å². The minimum atomic E-state index is -0.322. The van der Waals surface area contributed by atoms with E-state index in [1.807, 2.05) is 23.6 Å². The Hall–Kier alpha value is -1.97. The van der Waals surface area contributed by atoms with Crippen LogP contribution in [0, 0.1) is 0 Å². The molecule has 0 spiro atoms. The van der Waals surface area contributed by atoms with Crippen molar-refractivity contribution < 1.29 is 18.7 Å². The van der Waals surface area contributed by atoms with E-state index in [0.717, 1.165) is 34.3 Å². The van der Waals surface area contributed by atoms with Gasteiger partial charge in [0.1, 0.15) is 11.5 Å². The third-order valence-corrected chi connectivity index (χ3v) is 5.77. The Morgan fingerprint density at radius 2 is 1.96 bits per heavy atom. The van der Waals surface area contributed by atoms with Gasteiger partial charge in [0.15, 0.2) is 15.6 Å². The maximum Gasteiger partial charge on any atom is 0.293 e. The SMILES string of the molecule is COc1cc(CSCc2csc(NC(=O)c3ccc(Br)o3)n2)cc(OC)c1. The largest absolute Gasteiger partial charge is 0.497 e. The number of thioether (sulfide) groups is 1. The van der Waals surface area contributed by atoms with Gasteiger partial charge in [-0.3, -0.25) is 10.1 Å². The van der Waals surface area contributed by atoms with Gasteiger partial charge in [0.2, 0.25) is 0 Å². The Bertz CT molecular complexity index is 903. The van der Waals surface area contributed by atoms with Gasteiger partial charge in [-0.2, -0.15) is 11.8 Å². The molecule has 0 radical (unpaired) electrons. The van der Waals surface area contributed by atoms with Crippen molar-refractivity contribution in [2.24, 2.45) is 0 Å². The quantitative estimate of drug-likeness (QED) is 0.489. The second kappa shape index (κ2) is 9.29. The first-order valence-corrected chi connectivity index (χ1v) is 10.7. The highest BCUT2D eigenvalue weighted by Crippen LogP contribution is 2.27. The molecule has 0 saturated carbocycles. The summed E-state index contributed by atoms with van der Waals surface area (Å²) in [5, 5.41) is 5.23. The normalized spacial score (nSPS) is 10.6. The summed E-state index contributed by atoms with van der Waals surface area (Å²) in [5.74, 6) is 2.99. The van der Waals surface area contributed by atoms with E-state index >= 15 is 0 Å². The number of thiazole rings is 1.